The molecule has 0 spiro atoms. The van der Waals surface area contributed by atoms with Crippen LogP contribution in [0.5, 0.6) is 0 Å². The van der Waals surface area contributed by atoms with Crippen LogP contribution in [0.4, 0.5) is 5.82 Å². The Morgan fingerprint density at radius 2 is 1.72 bits per heavy atom. The molecule has 4 nitrogen and oxygen atoms in total. The highest BCUT2D eigenvalue weighted by Gasteiger charge is 2.18. The molecule has 0 aromatic carbocycles. The van der Waals surface area contributed by atoms with Gasteiger partial charge in [0.25, 0.3) is 0 Å². The summed E-state index contributed by atoms with van der Waals surface area (Å²) in [6.07, 6.45) is 8.74. The van der Waals surface area contributed by atoms with E-state index < -0.39 is 0 Å². The zero-order valence-electron chi connectivity index (χ0n) is 10.9. The van der Waals surface area contributed by atoms with Crippen molar-refractivity contribution in [1.29, 1.82) is 5.26 Å². The highest BCUT2D eigenvalue weighted by Crippen LogP contribution is 2.29. The fourth-order valence-corrected chi connectivity index (χ4v) is 2.65. The van der Waals surface area contributed by atoms with Crippen LogP contribution in [-0.4, -0.2) is 9.97 Å². The van der Waals surface area contributed by atoms with E-state index in [1.165, 1.54) is 32.1 Å². The number of aromatic nitrogens is 2. The van der Waals surface area contributed by atoms with E-state index in [1.54, 1.807) is 0 Å². The van der Waals surface area contributed by atoms with Crippen molar-refractivity contribution in [3.63, 3.8) is 0 Å². The second-order valence-electron chi connectivity index (χ2n) is 5.08. The molecule has 0 bridgehead atoms. The van der Waals surface area contributed by atoms with Gasteiger partial charge >= 0.3 is 0 Å². The molecule has 18 heavy (non-hydrogen) atoms. The number of hydrogen-bond acceptors (Lipinski definition) is 4. The van der Waals surface area contributed by atoms with Crippen LogP contribution in [0.3, 0.4) is 0 Å². The first kappa shape index (κ1) is 12.8. The van der Waals surface area contributed by atoms with Gasteiger partial charge in [-0.05, 0) is 19.8 Å². The van der Waals surface area contributed by atoms with Crippen molar-refractivity contribution in [1.82, 2.24) is 9.97 Å². The number of nitrogens with zero attached hydrogens (tertiary/aromatic N) is 3. The lowest BCUT2D eigenvalue weighted by molar-refractivity contribution is 0.442. The molecular weight excluding hydrogens is 224 g/mol. The van der Waals surface area contributed by atoms with Gasteiger partial charge in [0.05, 0.1) is 5.69 Å². The van der Waals surface area contributed by atoms with Crippen LogP contribution in [0.15, 0.2) is 0 Å². The lowest BCUT2D eigenvalue weighted by Gasteiger charge is -2.19. The Bertz CT molecular complexity index is 430. The second-order valence-corrected chi connectivity index (χ2v) is 5.08. The summed E-state index contributed by atoms with van der Waals surface area (Å²) in [6, 6.07) is 2.07. The van der Waals surface area contributed by atoms with Crippen LogP contribution in [-0.2, 0) is 0 Å². The number of hydrogen-bond donors (Lipinski definition) is 1. The SMILES string of the molecule is Cc1nc(C2CCCCCCC2)nc(N)c1C#N. The van der Waals surface area contributed by atoms with Crippen LogP contribution in [0.2, 0.25) is 0 Å². The first-order valence-corrected chi connectivity index (χ1v) is 6.76. The Morgan fingerprint density at radius 1 is 1.11 bits per heavy atom. The predicted molar refractivity (Wildman–Crippen MR) is 71.0 cm³/mol. The van der Waals surface area contributed by atoms with Crippen molar-refractivity contribution in [2.45, 2.75) is 57.8 Å². The molecule has 0 radical (unpaired) electrons. The fourth-order valence-electron chi connectivity index (χ4n) is 2.65. The van der Waals surface area contributed by atoms with E-state index in [2.05, 4.69) is 16.0 Å². The number of rotatable bonds is 1. The van der Waals surface area contributed by atoms with Gasteiger partial charge in [-0.25, -0.2) is 9.97 Å². The van der Waals surface area contributed by atoms with Crippen molar-refractivity contribution >= 4 is 5.82 Å². The molecule has 96 valence electrons. The number of nitriles is 1. The third kappa shape index (κ3) is 2.79. The Morgan fingerprint density at radius 3 is 2.28 bits per heavy atom. The van der Waals surface area contributed by atoms with Crippen molar-refractivity contribution in [3.05, 3.63) is 17.1 Å². The Hall–Kier alpha value is -1.63. The van der Waals surface area contributed by atoms with Gasteiger partial charge < -0.3 is 5.73 Å². The molecule has 1 aliphatic rings. The largest absolute Gasteiger partial charge is 0.382 e. The molecule has 0 amide bonds. The number of nitrogens with two attached hydrogens (primary N) is 1. The molecule has 1 fully saturated rings. The van der Waals surface area contributed by atoms with Gasteiger partial charge in [-0.3, -0.25) is 0 Å². The minimum atomic E-state index is 0.335. The molecule has 1 aromatic heterocycles. The average Bonchev–Trinajstić information content (AvgIpc) is 2.27. The molecule has 1 aromatic rings. The zero-order valence-corrected chi connectivity index (χ0v) is 10.9. The molecule has 0 aliphatic heterocycles. The van der Waals surface area contributed by atoms with Crippen LogP contribution in [0.25, 0.3) is 0 Å². The Labute approximate surface area is 108 Å². The van der Waals surface area contributed by atoms with Gasteiger partial charge in [-0.2, -0.15) is 5.26 Å². The van der Waals surface area contributed by atoms with Gasteiger partial charge in [0.1, 0.15) is 23.3 Å². The molecule has 2 rings (SSSR count). The smallest absolute Gasteiger partial charge is 0.145 e. The third-order valence-corrected chi connectivity index (χ3v) is 3.72. The van der Waals surface area contributed by atoms with Crippen LogP contribution in [0, 0.1) is 18.3 Å². The molecule has 0 atom stereocenters. The lowest BCUT2D eigenvalue weighted by atomic mass is 9.90. The average molecular weight is 244 g/mol. The first-order valence-electron chi connectivity index (χ1n) is 6.76. The molecular formula is C14H20N4. The summed E-state index contributed by atoms with van der Waals surface area (Å²) in [7, 11) is 0. The van der Waals surface area contributed by atoms with Gasteiger partial charge in [-0.1, -0.05) is 32.1 Å². The fraction of sp³-hybridized carbons (Fsp3) is 0.643. The Balaban J connectivity index is 2.24. The van der Waals surface area contributed by atoms with Gasteiger partial charge in [0, 0.05) is 5.92 Å². The van der Waals surface area contributed by atoms with Crippen molar-refractivity contribution in [3.8, 4) is 6.07 Å². The van der Waals surface area contributed by atoms with Gasteiger partial charge in [0.15, 0.2) is 0 Å². The maximum Gasteiger partial charge on any atom is 0.145 e. The minimum absolute atomic E-state index is 0.335. The standard InChI is InChI=1S/C14H20N4/c1-10-12(9-15)13(16)18-14(17-10)11-7-5-3-2-4-6-8-11/h11H,2-8H2,1H3,(H2,16,17,18). The van der Waals surface area contributed by atoms with E-state index in [1.807, 2.05) is 6.92 Å². The van der Waals surface area contributed by atoms with Crippen LogP contribution in [0.1, 0.15) is 67.9 Å². The molecule has 1 heterocycles. The summed E-state index contributed by atoms with van der Waals surface area (Å²) >= 11 is 0. The van der Waals surface area contributed by atoms with E-state index in [-0.39, 0.29) is 0 Å². The molecule has 4 heteroatoms. The van der Waals surface area contributed by atoms with Crippen molar-refractivity contribution < 1.29 is 0 Å². The summed E-state index contributed by atoms with van der Waals surface area (Å²) in [5.41, 5.74) is 6.97. The monoisotopic (exact) mass is 244 g/mol. The maximum absolute atomic E-state index is 8.97. The quantitative estimate of drug-likeness (QED) is 0.823. The van der Waals surface area contributed by atoms with Crippen molar-refractivity contribution in [2.24, 2.45) is 0 Å². The number of anilines is 1. The van der Waals surface area contributed by atoms with Crippen LogP contribution >= 0.6 is 0 Å². The van der Waals surface area contributed by atoms with E-state index in [4.69, 9.17) is 11.0 Å². The van der Waals surface area contributed by atoms with E-state index >= 15 is 0 Å². The number of nitrogen functional groups attached to an aromatic ring is 1. The second kappa shape index (κ2) is 5.81. The summed E-state index contributed by atoms with van der Waals surface area (Å²) in [4.78, 5) is 8.83. The topological polar surface area (TPSA) is 75.6 Å². The van der Waals surface area contributed by atoms with E-state index in [9.17, 15) is 0 Å². The normalized spacial score (nSPS) is 17.8. The molecule has 1 aliphatic carbocycles. The highest BCUT2D eigenvalue weighted by molar-refractivity contribution is 5.50. The molecule has 2 N–H and O–H groups in total. The summed E-state index contributed by atoms with van der Waals surface area (Å²) in [5.74, 6) is 1.59. The van der Waals surface area contributed by atoms with E-state index in [0.717, 1.165) is 18.7 Å². The predicted octanol–water partition coefficient (Wildman–Crippen LogP) is 3.07. The molecule has 0 unspecified atom stereocenters. The van der Waals surface area contributed by atoms with Crippen molar-refractivity contribution in [2.75, 3.05) is 5.73 Å². The number of aryl methyl sites for hydroxylation is 1. The first-order chi connectivity index (χ1) is 8.72. The lowest BCUT2D eigenvalue weighted by Crippen LogP contribution is -2.11. The van der Waals surface area contributed by atoms with Crippen LogP contribution < -0.4 is 5.73 Å². The zero-order chi connectivity index (χ0) is 13.0. The molecule has 1 saturated carbocycles. The summed E-state index contributed by atoms with van der Waals surface area (Å²) < 4.78 is 0. The summed E-state index contributed by atoms with van der Waals surface area (Å²) in [5, 5.41) is 8.97. The summed E-state index contributed by atoms with van der Waals surface area (Å²) in [6.45, 7) is 1.84. The van der Waals surface area contributed by atoms with Gasteiger partial charge in [0.2, 0.25) is 0 Å². The third-order valence-electron chi connectivity index (χ3n) is 3.72. The maximum atomic E-state index is 8.97. The van der Waals surface area contributed by atoms with Gasteiger partial charge in [-0.15, -0.1) is 0 Å². The highest BCUT2D eigenvalue weighted by atomic mass is 15.0. The molecule has 0 saturated heterocycles. The van der Waals surface area contributed by atoms with E-state index in [0.29, 0.717) is 23.0 Å². The minimum Gasteiger partial charge on any atom is -0.382 e. The Kier molecular flexibility index (Phi) is 4.14.